The quantitative estimate of drug-likeness (QED) is 0.793. The minimum Gasteiger partial charge on any atom is -0.484 e. The fraction of sp³-hybridized carbons (Fsp3) is 0.263. The Balaban J connectivity index is 1.51. The summed E-state index contributed by atoms with van der Waals surface area (Å²) in [5.74, 6) is -0.191. The van der Waals surface area contributed by atoms with Crippen molar-refractivity contribution in [1.82, 2.24) is 10.6 Å². The highest BCUT2D eigenvalue weighted by Crippen LogP contribution is 2.19. The molecule has 0 saturated carbocycles. The molecule has 0 aromatic heterocycles. The number of hydrogen-bond acceptors (Lipinski definition) is 3. The first-order chi connectivity index (χ1) is 13.3. The third kappa shape index (κ3) is 5.15. The number of alkyl halides is 3. The molecule has 1 fully saturated rings. The number of benzene rings is 2. The molecule has 9 heteroatoms. The Morgan fingerprint density at radius 2 is 1.79 bits per heavy atom. The summed E-state index contributed by atoms with van der Waals surface area (Å²) in [5, 5.41) is 5.44. The van der Waals surface area contributed by atoms with Gasteiger partial charge in [0.05, 0.1) is 0 Å². The summed E-state index contributed by atoms with van der Waals surface area (Å²) >= 11 is 0. The lowest BCUT2D eigenvalue weighted by molar-refractivity contribution is -0.153. The van der Waals surface area contributed by atoms with Gasteiger partial charge in [0.1, 0.15) is 5.75 Å². The number of carbonyl (C=O) groups is 2. The highest BCUT2D eigenvalue weighted by atomic mass is 19.4. The second-order valence-electron chi connectivity index (χ2n) is 6.16. The van der Waals surface area contributed by atoms with Crippen LogP contribution in [0.4, 0.5) is 23.7 Å². The van der Waals surface area contributed by atoms with Crippen molar-refractivity contribution in [3.05, 3.63) is 59.7 Å². The van der Waals surface area contributed by atoms with Gasteiger partial charge in [-0.25, -0.2) is 4.79 Å². The van der Waals surface area contributed by atoms with Crippen LogP contribution in [0.15, 0.2) is 48.5 Å². The molecule has 1 heterocycles. The van der Waals surface area contributed by atoms with Gasteiger partial charge in [-0.3, -0.25) is 9.69 Å². The van der Waals surface area contributed by atoms with Crippen LogP contribution in [0.3, 0.4) is 0 Å². The third-order valence-electron chi connectivity index (χ3n) is 4.08. The zero-order valence-corrected chi connectivity index (χ0v) is 14.8. The molecule has 6 nitrogen and oxygen atoms in total. The fourth-order valence-corrected chi connectivity index (χ4v) is 2.66. The molecular formula is C19H18F3N3O3. The molecule has 3 rings (SSSR count). The SMILES string of the molecule is O=C(NCc1ccc(OCC(F)(F)F)cc1)c1ccc(N2CCNC2=O)cc1. The summed E-state index contributed by atoms with van der Waals surface area (Å²) in [7, 11) is 0. The minimum atomic E-state index is -4.39. The molecule has 1 aliphatic heterocycles. The Bertz CT molecular complexity index is 836. The molecule has 0 spiro atoms. The van der Waals surface area contributed by atoms with Crippen LogP contribution in [0, 0.1) is 0 Å². The van der Waals surface area contributed by atoms with Crippen LogP contribution in [-0.4, -0.2) is 37.8 Å². The van der Waals surface area contributed by atoms with Crippen molar-refractivity contribution in [2.24, 2.45) is 0 Å². The van der Waals surface area contributed by atoms with E-state index >= 15 is 0 Å². The first-order valence-electron chi connectivity index (χ1n) is 8.54. The van der Waals surface area contributed by atoms with Crippen molar-refractivity contribution >= 4 is 17.6 Å². The van der Waals surface area contributed by atoms with Gasteiger partial charge in [-0.2, -0.15) is 13.2 Å². The maximum Gasteiger partial charge on any atom is 0.422 e. The summed E-state index contributed by atoms with van der Waals surface area (Å²) in [6.45, 7) is 0.0288. The number of nitrogens with zero attached hydrogens (tertiary/aromatic N) is 1. The average molecular weight is 393 g/mol. The van der Waals surface area contributed by atoms with Crippen molar-refractivity contribution < 1.29 is 27.5 Å². The maximum atomic E-state index is 12.2. The number of ether oxygens (including phenoxy) is 1. The molecule has 1 aliphatic rings. The van der Waals surface area contributed by atoms with Gasteiger partial charge in [-0.1, -0.05) is 12.1 Å². The summed E-state index contributed by atoms with van der Waals surface area (Å²) in [6, 6.07) is 12.5. The second kappa shape index (κ2) is 8.20. The van der Waals surface area contributed by atoms with Crippen LogP contribution in [0.2, 0.25) is 0 Å². The van der Waals surface area contributed by atoms with Gasteiger partial charge in [0, 0.05) is 30.9 Å². The standard InChI is InChI=1S/C19H18F3N3O3/c20-19(21,22)12-28-16-7-1-13(2-8-16)11-24-17(26)14-3-5-15(6-4-14)25-10-9-23-18(25)27/h1-8H,9-12H2,(H,23,27)(H,24,26). The van der Waals surface area contributed by atoms with Crippen LogP contribution < -0.4 is 20.3 Å². The topological polar surface area (TPSA) is 70.7 Å². The molecule has 0 unspecified atom stereocenters. The monoisotopic (exact) mass is 393 g/mol. The molecule has 0 radical (unpaired) electrons. The number of urea groups is 1. The first kappa shape index (κ1) is 19.5. The van der Waals surface area contributed by atoms with Gasteiger partial charge in [-0.15, -0.1) is 0 Å². The third-order valence-corrected chi connectivity index (χ3v) is 4.08. The molecule has 2 aromatic rings. The number of nitrogens with one attached hydrogen (secondary N) is 2. The number of carbonyl (C=O) groups excluding carboxylic acids is 2. The molecule has 2 aromatic carbocycles. The summed E-state index contributed by atoms with van der Waals surface area (Å²) in [4.78, 5) is 25.5. The second-order valence-corrected chi connectivity index (χ2v) is 6.16. The van der Waals surface area contributed by atoms with Crippen LogP contribution in [-0.2, 0) is 6.54 Å². The van der Waals surface area contributed by atoms with Crippen molar-refractivity contribution in [3.8, 4) is 5.75 Å². The first-order valence-corrected chi connectivity index (χ1v) is 8.54. The molecule has 148 valence electrons. The Labute approximate surface area is 159 Å². The van der Waals surface area contributed by atoms with Gasteiger partial charge in [0.15, 0.2) is 6.61 Å². The molecule has 2 N–H and O–H groups in total. The van der Waals surface area contributed by atoms with E-state index in [9.17, 15) is 22.8 Å². The highest BCUT2D eigenvalue weighted by Gasteiger charge is 2.28. The van der Waals surface area contributed by atoms with Crippen LogP contribution in [0.25, 0.3) is 0 Å². The van der Waals surface area contributed by atoms with Crippen molar-refractivity contribution in [3.63, 3.8) is 0 Å². The largest absolute Gasteiger partial charge is 0.484 e. The molecule has 0 atom stereocenters. The zero-order valence-electron chi connectivity index (χ0n) is 14.8. The molecule has 0 bridgehead atoms. The zero-order chi connectivity index (χ0) is 20.1. The van der Waals surface area contributed by atoms with E-state index < -0.39 is 12.8 Å². The molecule has 0 aliphatic carbocycles. The Kier molecular flexibility index (Phi) is 5.72. The predicted octanol–water partition coefficient (Wildman–Crippen LogP) is 3.09. The lowest BCUT2D eigenvalue weighted by atomic mass is 10.1. The Morgan fingerprint density at radius 3 is 2.36 bits per heavy atom. The lowest BCUT2D eigenvalue weighted by Crippen LogP contribution is -2.27. The summed E-state index contributed by atoms with van der Waals surface area (Å²) < 4.78 is 41.0. The van der Waals surface area contributed by atoms with Gasteiger partial charge in [-0.05, 0) is 42.0 Å². The van der Waals surface area contributed by atoms with Crippen LogP contribution in [0.1, 0.15) is 15.9 Å². The Morgan fingerprint density at radius 1 is 1.11 bits per heavy atom. The van der Waals surface area contributed by atoms with E-state index in [-0.39, 0.29) is 24.2 Å². The van der Waals surface area contributed by atoms with E-state index in [0.29, 0.717) is 24.3 Å². The van der Waals surface area contributed by atoms with E-state index in [4.69, 9.17) is 0 Å². The lowest BCUT2D eigenvalue weighted by Gasteiger charge is -2.14. The van der Waals surface area contributed by atoms with E-state index in [1.54, 1.807) is 41.3 Å². The number of anilines is 1. The van der Waals surface area contributed by atoms with E-state index in [1.807, 2.05) is 0 Å². The number of rotatable bonds is 6. The van der Waals surface area contributed by atoms with Crippen molar-refractivity contribution in [2.75, 3.05) is 24.6 Å². The molecular weight excluding hydrogens is 375 g/mol. The summed E-state index contributed by atoms with van der Waals surface area (Å²) in [5.41, 5.74) is 1.87. The van der Waals surface area contributed by atoms with Crippen LogP contribution in [0.5, 0.6) is 5.75 Å². The maximum absolute atomic E-state index is 12.2. The smallest absolute Gasteiger partial charge is 0.422 e. The van der Waals surface area contributed by atoms with Gasteiger partial charge in [0.2, 0.25) is 0 Å². The highest BCUT2D eigenvalue weighted by molar-refractivity contribution is 5.96. The van der Waals surface area contributed by atoms with Crippen molar-refractivity contribution in [2.45, 2.75) is 12.7 Å². The average Bonchev–Trinajstić information content (AvgIpc) is 3.11. The molecule has 1 saturated heterocycles. The summed E-state index contributed by atoms with van der Waals surface area (Å²) in [6.07, 6.45) is -4.39. The van der Waals surface area contributed by atoms with Gasteiger partial charge in [0.25, 0.3) is 5.91 Å². The van der Waals surface area contributed by atoms with E-state index in [0.717, 1.165) is 5.56 Å². The Hall–Kier alpha value is -3.23. The number of halogens is 3. The van der Waals surface area contributed by atoms with E-state index in [2.05, 4.69) is 15.4 Å². The molecule has 3 amide bonds. The van der Waals surface area contributed by atoms with Gasteiger partial charge < -0.3 is 15.4 Å². The van der Waals surface area contributed by atoms with Gasteiger partial charge >= 0.3 is 12.2 Å². The minimum absolute atomic E-state index is 0.105. The number of hydrogen-bond donors (Lipinski definition) is 2. The van der Waals surface area contributed by atoms with Crippen LogP contribution >= 0.6 is 0 Å². The number of amides is 3. The van der Waals surface area contributed by atoms with Crippen molar-refractivity contribution in [1.29, 1.82) is 0 Å². The normalized spacial score (nSPS) is 14.0. The van der Waals surface area contributed by atoms with E-state index in [1.165, 1.54) is 12.1 Å². The fourth-order valence-electron chi connectivity index (χ4n) is 2.66. The molecule has 28 heavy (non-hydrogen) atoms. The predicted molar refractivity (Wildman–Crippen MR) is 96.3 cm³/mol.